The van der Waals surface area contributed by atoms with E-state index in [0.717, 1.165) is 0 Å². The predicted molar refractivity (Wildman–Crippen MR) is 84.6 cm³/mol. The van der Waals surface area contributed by atoms with E-state index in [4.69, 9.17) is 28.3 Å². The molecule has 1 aromatic carbocycles. The van der Waals surface area contributed by atoms with Crippen molar-refractivity contribution in [2.45, 2.75) is 44.8 Å². The van der Waals surface area contributed by atoms with Crippen molar-refractivity contribution in [2.24, 2.45) is 0 Å². The molecule has 0 bridgehead atoms. The van der Waals surface area contributed by atoms with Crippen molar-refractivity contribution in [1.82, 2.24) is 5.32 Å². The molecule has 118 valence electrons. The molecule has 0 fully saturated rings. The Morgan fingerprint density at radius 3 is 2.38 bits per heavy atom. The van der Waals surface area contributed by atoms with Crippen molar-refractivity contribution in [3.8, 4) is 0 Å². The van der Waals surface area contributed by atoms with Crippen LogP contribution < -0.4 is 5.32 Å². The summed E-state index contributed by atoms with van der Waals surface area (Å²) in [6.07, 6.45) is 0.0983. The lowest BCUT2D eigenvalue weighted by atomic mass is 9.94. The number of aliphatic hydroxyl groups excluding tert-OH is 2. The molecule has 1 rings (SSSR count). The Kier molecular flexibility index (Phi) is 6.94. The van der Waals surface area contributed by atoms with E-state index in [2.05, 4.69) is 5.32 Å². The maximum absolute atomic E-state index is 12.0. The third-order valence-corrected chi connectivity index (χ3v) is 3.97. The topological polar surface area (TPSA) is 69.6 Å². The summed E-state index contributed by atoms with van der Waals surface area (Å²) in [5.74, 6) is -0.281. The Labute approximate surface area is 135 Å². The highest BCUT2D eigenvalue weighted by molar-refractivity contribution is 6.34. The number of halogens is 2. The second kappa shape index (κ2) is 7.99. The maximum atomic E-state index is 12.0. The zero-order valence-corrected chi connectivity index (χ0v) is 13.7. The van der Waals surface area contributed by atoms with Crippen LogP contribution in [0.15, 0.2) is 18.2 Å². The van der Waals surface area contributed by atoms with E-state index in [1.165, 1.54) is 0 Å². The normalized spacial score (nSPS) is 15.3. The Hall–Kier alpha value is -0.810. The quantitative estimate of drug-likeness (QED) is 0.718. The van der Waals surface area contributed by atoms with Gasteiger partial charge in [0.25, 0.3) is 0 Å². The second-order valence-electron chi connectivity index (χ2n) is 5.36. The SMILES string of the molecule is CCC(C)(CCO)NC(=O)CC(O)c1cc(Cl)cc(Cl)c1. The molecule has 0 aliphatic rings. The van der Waals surface area contributed by atoms with Gasteiger partial charge in [0, 0.05) is 22.2 Å². The van der Waals surface area contributed by atoms with E-state index >= 15 is 0 Å². The average molecular weight is 334 g/mol. The number of hydrogen-bond acceptors (Lipinski definition) is 3. The van der Waals surface area contributed by atoms with E-state index < -0.39 is 11.6 Å². The van der Waals surface area contributed by atoms with Gasteiger partial charge in [-0.2, -0.15) is 0 Å². The first-order valence-electron chi connectivity index (χ1n) is 6.85. The number of nitrogens with one attached hydrogen (secondary N) is 1. The van der Waals surface area contributed by atoms with Crippen molar-refractivity contribution >= 4 is 29.1 Å². The average Bonchev–Trinajstić information content (AvgIpc) is 2.37. The van der Waals surface area contributed by atoms with Gasteiger partial charge in [-0.1, -0.05) is 30.1 Å². The molecule has 4 nitrogen and oxygen atoms in total. The van der Waals surface area contributed by atoms with Gasteiger partial charge in [0.2, 0.25) is 5.91 Å². The summed E-state index contributed by atoms with van der Waals surface area (Å²) < 4.78 is 0. The molecule has 0 aliphatic heterocycles. The molecule has 0 saturated carbocycles. The molecule has 1 aromatic rings. The maximum Gasteiger partial charge on any atom is 0.223 e. The number of rotatable bonds is 7. The monoisotopic (exact) mass is 333 g/mol. The number of hydrogen-bond donors (Lipinski definition) is 3. The van der Waals surface area contributed by atoms with Crippen molar-refractivity contribution in [1.29, 1.82) is 0 Å². The number of aliphatic hydroxyl groups is 2. The lowest BCUT2D eigenvalue weighted by Gasteiger charge is -2.29. The van der Waals surface area contributed by atoms with Crippen molar-refractivity contribution < 1.29 is 15.0 Å². The zero-order valence-electron chi connectivity index (χ0n) is 12.2. The lowest BCUT2D eigenvalue weighted by molar-refractivity contribution is -0.125. The summed E-state index contributed by atoms with van der Waals surface area (Å²) in [5, 5.41) is 22.8. The standard InChI is InChI=1S/C15H21Cl2NO3/c1-3-15(2,4-5-19)18-14(21)9-13(20)10-6-11(16)8-12(17)7-10/h6-8,13,19-20H,3-5,9H2,1-2H3,(H,18,21). The van der Waals surface area contributed by atoms with Crippen LogP contribution in [-0.2, 0) is 4.79 Å². The van der Waals surface area contributed by atoms with Crippen LogP contribution in [-0.4, -0.2) is 28.3 Å². The molecule has 0 heterocycles. The van der Waals surface area contributed by atoms with Crippen molar-refractivity contribution in [2.75, 3.05) is 6.61 Å². The van der Waals surface area contributed by atoms with Gasteiger partial charge in [0.15, 0.2) is 0 Å². The highest BCUT2D eigenvalue weighted by Crippen LogP contribution is 2.25. The fraction of sp³-hybridized carbons (Fsp3) is 0.533. The van der Waals surface area contributed by atoms with Gasteiger partial charge in [-0.05, 0) is 43.5 Å². The third-order valence-electron chi connectivity index (χ3n) is 3.53. The molecule has 0 radical (unpaired) electrons. The van der Waals surface area contributed by atoms with Crippen LogP contribution in [0.1, 0.15) is 44.8 Å². The summed E-state index contributed by atoms with van der Waals surface area (Å²) in [5.41, 5.74) is 0.0281. The minimum absolute atomic E-state index is 0.00290. The minimum atomic E-state index is -0.976. The number of carbonyl (C=O) groups excluding carboxylic acids is 1. The van der Waals surface area contributed by atoms with Crippen LogP contribution in [0, 0.1) is 0 Å². The van der Waals surface area contributed by atoms with Crippen LogP contribution >= 0.6 is 23.2 Å². The van der Waals surface area contributed by atoms with Crippen LogP contribution in [0.5, 0.6) is 0 Å². The summed E-state index contributed by atoms with van der Waals surface area (Å²) in [7, 11) is 0. The van der Waals surface area contributed by atoms with Crippen LogP contribution in [0.3, 0.4) is 0 Å². The molecular weight excluding hydrogens is 313 g/mol. The highest BCUT2D eigenvalue weighted by Gasteiger charge is 2.25. The van der Waals surface area contributed by atoms with E-state index in [1.807, 2.05) is 13.8 Å². The van der Waals surface area contributed by atoms with Gasteiger partial charge < -0.3 is 15.5 Å². The summed E-state index contributed by atoms with van der Waals surface area (Å²) in [6, 6.07) is 4.73. The van der Waals surface area contributed by atoms with Gasteiger partial charge in [0.1, 0.15) is 0 Å². The molecular formula is C15H21Cl2NO3. The van der Waals surface area contributed by atoms with E-state index in [1.54, 1.807) is 18.2 Å². The van der Waals surface area contributed by atoms with Gasteiger partial charge >= 0.3 is 0 Å². The number of carbonyl (C=O) groups is 1. The van der Waals surface area contributed by atoms with Crippen molar-refractivity contribution in [3.63, 3.8) is 0 Å². The number of benzene rings is 1. The Bertz CT molecular complexity index is 476. The Morgan fingerprint density at radius 1 is 1.33 bits per heavy atom. The largest absolute Gasteiger partial charge is 0.396 e. The Balaban J connectivity index is 2.69. The molecule has 0 spiro atoms. The fourth-order valence-electron chi connectivity index (χ4n) is 2.02. The predicted octanol–water partition coefficient (Wildman–Crippen LogP) is 3.08. The molecule has 1 amide bonds. The van der Waals surface area contributed by atoms with Gasteiger partial charge in [-0.15, -0.1) is 0 Å². The Morgan fingerprint density at radius 2 is 1.90 bits per heavy atom. The zero-order chi connectivity index (χ0) is 16.0. The number of amides is 1. The van der Waals surface area contributed by atoms with Crippen LogP contribution in [0.2, 0.25) is 10.0 Å². The molecule has 2 unspecified atom stereocenters. The summed E-state index contributed by atoms with van der Waals surface area (Å²) in [4.78, 5) is 12.0. The van der Waals surface area contributed by atoms with Gasteiger partial charge in [-0.3, -0.25) is 4.79 Å². The molecule has 21 heavy (non-hydrogen) atoms. The fourth-order valence-corrected chi connectivity index (χ4v) is 2.57. The lowest BCUT2D eigenvalue weighted by Crippen LogP contribution is -2.46. The van der Waals surface area contributed by atoms with Gasteiger partial charge in [-0.25, -0.2) is 0 Å². The van der Waals surface area contributed by atoms with Crippen LogP contribution in [0.25, 0.3) is 0 Å². The molecule has 2 atom stereocenters. The minimum Gasteiger partial charge on any atom is -0.396 e. The first-order chi connectivity index (χ1) is 9.79. The second-order valence-corrected chi connectivity index (χ2v) is 6.23. The molecule has 3 N–H and O–H groups in total. The first kappa shape index (κ1) is 18.2. The van der Waals surface area contributed by atoms with E-state index in [-0.39, 0.29) is 18.9 Å². The summed E-state index contributed by atoms with van der Waals surface area (Å²) in [6.45, 7) is 3.80. The summed E-state index contributed by atoms with van der Waals surface area (Å²) >= 11 is 11.8. The molecule has 0 aromatic heterocycles. The first-order valence-corrected chi connectivity index (χ1v) is 7.61. The van der Waals surface area contributed by atoms with Crippen molar-refractivity contribution in [3.05, 3.63) is 33.8 Å². The van der Waals surface area contributed by atoms with Crippen LogP contribution in [0.4, 0.5) is 0 Å². The van der Waals surface area contributed by atoms with E-state index in [9.17, 15) is 9.90 Å². The van der Waals surface area contributed by atoms with Gasteiger partial charge in [0.05, 0.1) is 12.5 Å². The smallest absolute Gasteiger partial charge is 0.223 e. The molecule has 0 aliphatic carbocycles. The van der Waals surface area contributed by atoms with E-state index in [0.29, 0.717) is 28.5 Å². The molecule has 0 saturated heterocycles. The highest BCUT2D eigenvalue weighted by atomic mass is 35.5. The third kappa shape index (κ3) is 5.83. The molecule has 6 heteroatoms.